The van der Waals surface area contributed by atoms with Gasteiger partial charge in [-0.1, -0.05) is 18.5 Å². The van der Waals surface area contributed by atoms with Crippen LogP contribution in [0.15, 0.2) is 18.2 Å². The van der Waals surface area contributed by atoms with Gasteiger partial charge in [-0.15, -0.1) is 0 Å². The standard InChI is InChI=1S/C12H15ClN2O2/c1-2-12(14)6-15(7-12)11(17)9-5-8(16)3-4-10(9)13/h3-5,16H,2,6-7,14H2,1H3. The fourth-order valence-electron chi connectivity index (χ4n) is 1.93. The van der Waals surface area contributed by atoms with Gasteiger partial charge in [0, 0.05) is 13.1 Å². The molecule has 1 fully saturated rings. The minimum Gasteiger partial charge on any atom is -0.508 e. The average molecular weight is 255 g/mol. The van der Waals surface area contributed by atoms with Crippen molar-refractivity contribution in [3.63, 3.8) is 0 Å². The Kier molecular flexibility index (Phi) is 3.02. The Bertz CT molecular complexity index is 456. The highest BCUT2D eigenvalue weighted by Gasteiger charge is 2.41. The minimum absolute atomic E-state index is 0.0350. The van der Waals surface area contributed by atoms with Gasteiger partial charge in [0.05, 0.1) is 16.1 Å². The van der Waals surface area contributed by atoms with Crippen LogP contribution in [0.2, 0.25) is 5.02 Å². The van der Waals surface area contributed by atoms with Crippen LogP contribution in [0.1, 0.15) is 23.7 Å². The van der Waals surface area contributed by atoms with E-state index in [1.807, 2.05) is 6.92 Å². The fourth-order valence-corrected chi connectivity index (χ4v) is 2.13. The van der Waals surface area contributed by atoms with Crippen molar-refractivity contribution in [1.82, 2.24) is 4.90 Å². The summed E-state index contributed by atoms with van der Waals surface area (Å²) >= 11 is 5.93. The molecule has 0 bridgehead atoms. The molecule has 0 unspecified atom stereocenters. The van der Waals surface area contributed by atoms with Crippen LogP contribution in [-0.4, -0.2) is 34.5 Å². The molecule has 0 aliphatic carbocycles. The van der Waals surface area contributed by atoms with Gasteiger partial charge in [0.25, 0.3) is 5.91 Å². The van der Waals surface area contributed by atoms with E-state index in [1.165, 1.54) is 18.2 Å². The molecule has 3 N–H and O–H groups in total. The number of rotatable bonds is 2. The lowest BCUT2D eigenvalue weighted by Crippen LogP contribution is -2.68. The number of hydrogen-bond donors (Lipinski definition) is 2. The number of likely N-dealkylation sites (tertiary alicyclic amines) is 1. The first-order valence-electron chi connectivity index (χ1n) is 5.52. The zero-order valence-electron chi connectivity index (χ0n) is 9.61. The summed E-state index contributed by atoms with van der Waals surface area (Å²) in [5.74, 6) is -0.145. The first-order valence-corrected chi connectivity index (χ1v) is 5.90. The summed E-state index contributed by atoms with van der Waals surface area (Å²) in [7, 11) is 0. The summed E-state index contributed by atoms with van der Waals surface area (Å²) in [6, 6.07) is 4.35. The monoisotopic (exact) mass is 254 g/mol. The van der Waals surface area contributed by atoms with Crippen LogP contribution < -0.4 is 5.73 Å². The second kappa shape index (κ2) is 4.20. The molecule has 92 valence electrons. The molecule has 2 rings (SSSR count). The number of nitrogens with zero attached hydrogens (tertiary/aromatic N) is 1. The molecular formula is C12H15ClN2O2. The number of aromatic hydroxyl groups is 1. The van der Waals surface area contributed by atoms with E-state index in [9.17, 15) is 9.90 Å². The molecule has 0 atom stereocenters. The summed E-state index contributed by atoms with van der Waals surface area (Å²) < 4.78 is 0. The van der Waals surface area contributed by atoms with Crippen molar-refractivity contribution >= 4 is 17.5 Å². The Morgan fingerprint density at radius 2 is 2.24 bits per heavy atom. The number of nitrogens with two attached hydrogens (primary N) is 1. The summed E-state index contributed by atoms with van der Waals surface area (Å²) in [5, 5.41) is 9.70. The highest BCUT2D eigenvalue weighted by atomic mass is 35.5. The average Bonchev–Trinajstić information content (AvgIpc) is 2.27. The van der Waals surface area contributed by atoms with Crippen molar-refractivity contribution in [1.29, 1.82) is 0 Å². The third-order valence-corrected chi connectivity index (χ3v) is 3.51. The quantitative estimate of drug-likeness (QED) is 0.843. The summed E-state index contributed by atoms with van der Waals surface area (Å²) in [6.07, 6.45) is 0.838. The molecule has 1 heterocycles. The molecule has 1 aliphatic heterocycles. The number of amides is 1. The van der Waals surface area contributed by atoms with Gasteiger partial charge in [-0.3, -0.25) is 4.79 Å². The second-order valence-corrected chi connectivity index (χ2v) is 4.95. The van der Waals surface area contributed by atoms with Gasteiger partial charge >= 0.3 is 0 Å². The number of phenols is 1. The van der Waals surface area contributed by atoms with Crippen LogP contribution >= 0.6 is 11.6 Å². The Morgan fingerprint density at radius 3 is 2.82 bits per heavy atom. The van der Waals surface area contributed by atoms with Crippen molar-refractivity contribution < 1.29 is 9.90 Å². The van der Waals surface area contributed by atoms with Crippen LogP contribution in [0, 0.1) is 0 Å². The lowest BCUT2D eigenvalue weighted by atomic mass is 9.88. The smallest absolute Gasteiger partial charge is 0.255 e. The lowest BCUT2D eigenvalue weighted by Gasteiger charge is -2.47. The topological polar surface area (TPSA) is 66.6 Å². The van der Waals surface area contributed by atoms with Crippen molar-refractivity contribution in [2.45, 2.75) is 18.9 Å². The van der Waals surface area contributed by atoms with Crippen LogP contribution in [0.4, 0.5) is 0 Å². The first-order chi connectivity index (χ1) is 7.95. The second-order valence-electron chi connectivity index (χ2n) is 4.54. The van der Waals surface area contributed by atoms with E-state index in [1.54, 1.807) is 4.90 Å². The third kappa shape index (κ3) is 2.23. The molecule has 4 nitrogen and oxygen atoms in total. The Labute approximate surface area is 105 Å². The molecule has 5 heteroatoms. The molecule has 1 aromatic carbocycles. The van der Waals surface area contributed by atoms with Crippen LogP contribution in [0.5, 0.6) is 5.75 Å². The number of carbonyl (C=O) groups excluding carboxylic acids is 1. The molecule has 17 heavy (non-hydrogen) atoms. The van der Waals surface area contributed by atoms with Gasteiger partial charge in [0.15, 0.2) is 0 Å². The molecule has 0 radical (unpaired) electrons. The number of hydrogen-bond acceptors (Lipinski definition) is 3. The Hall–Kier alpha value is -1.26. The van der Waals surface area contributed by atoms with Gasteiger partial charge < -0.3 is 15.7 Å². The Morgan fingerprint density at radius 1 is 1.59 bits per heavy atom. The van der Waals surface area contributed by atoms with E-state index in [0.29, 0.717) is 23.7 Å². The molecule has 1 amide bonds. The van der Waals surface area contributed by atoms with Crippen LogP contribution in [0.3, 0.4) is 0 Å². The van der Waals surface area contributed by atoms with Crippen molar-refractivity contribution in [3.8, 4) is 5.75 Å². The SMILES string of the molecule is CCC1(N)CN(C(=O)c2cc(O)ccc2Cl)C1. The molecule has 0 spiro atoms. The highest BCUT2D eigenvalue weighted by Crippen LogP contribution is 2.27. The van der Waals surface area contributed by atoms with Crippen LogP contribution in [0.25, 0.3) is 0 Å². The number of halogens is 1. The van der Waals surface area contributed by atoms with Gasteiger partial charge in [-0.2, -0.15) is 0 Å². The number of benzene rings is 1. The van der Waals surface area contributed by atoms with Crippen molar-refractivity contribution in [3.05, 3.63) is 28.8 Å². The van der Waals surface area contributed by atoms with Gasteiger partial charge in [-0.25, -0.2) is 0 Å². The van der Waals surface area contributed by atoms with Gasteiger partial charge in [0.2, 0.25) is 0 Å². The molecule has 1 aliphatic rings. The molecule has 1 aromatic rings. The molecule has 1 saturated heterocycles. The minimum atomic E-state index is -0.265. The van der Waals surface area contributed by atoms with E-state index in [2.05, 4.69) is 0 Å². The summed E-state index contributed by atoms with van der Waals surface area (Å²) in [4.78, 5) is 13.7. The fraction of sp³-hybridized carbons (Fsp3) is 0.417. The van der Waals surface area contributed by atoms with E-state index in [4.69, 9.17) is 17.3 Å². The predicted molar refractivity (Wildman–Crippen MR) is 66.2 cm³/mol. The number of carbonyl (C=O) groups is 1. The van der Waals surface area contributed by atoms with Crippen molar-refractivity contribution in [2.75, 3.05) is 13.1 Å². The normalized spacial score (nSPS) is 17.7. The summed E-state index contributed by atoms with van der Waals surface area (Å²) in [6.45, 7) is 3.08. The third-order valence-electron chi connectivity index (χ3n) is 3.18. The molecule has 0 saturated carbocycles. The van der Waals surface area contributed by atoms with E-state index in [-0.39, 0.29) is 17.2 Å². The maximum absolute atomic E-state index is 12.1. The highest BCUT2D eigenvalue weighted by molar-refractivity contribution is 6.33. The Balaban J connectivity index is 2.14. The maximum atomic E-state index is 12.1. The van der Waals surface area contributed by atoms with Crippen LogP contribution in [-0.2, 0) is 0 Å². The maximum Gasteiger partial charge on any atom is 0.255 e. The lowest BCUT2D eigenvalue weighted by molar-refractivity contribution is 0.0401. The first kappa shape index (κ1) is 12.2. The number of phenolic OH excluding ortho intramolecular Hbond substituents is 1. The summed E-state index contributed by atoms with van der Waals surface area (Å²) in [5.41, 5.74) is 6.06. The zero-order valence-corrected chi connectivity index (χ0v) is 10.4. The van der Waals surface area contributed by atoms with E-state index in [0.717, 1.165) is 6.42 Å². The van der Waals surface area contributed by atoms with Gasteiger partial charge in [0.1, 0.15) is 5.75 Å². The van der Waals surface area contributed by atoms with Crippen molar-refractivity contribution in [2.24, 2.45) is 5.73 Å². The molecular weight excluding hydrogens is 240 g/mol. The van der Waals surface area contributed by atoms with E-state index >= 15 is 0 Å². The zero-order chi connectivity index (χ0) is 12.6. The largest absolute Gasteiger partial charge is 0.508 e. The molecule has 0 aromatic heterocycles. The van der Waals surface area contributed by atoms with Gasteiger partial charge in [-0.05, 0) is 24.6 Å². The van der Waals surface area contributed by atoms with E-state index < -0.39 is 0 Å². The predicted octanol–water partition coefficient (Wildman–Crippen LogP) is 1.61.